The number of ether oxygens (including phenoxy) is 1. The molecule has 2 heteroatoms. The second-order valence-corrected chi connectivity index (χ2v) is 8.37. The van der Waals surface area contributed by atoms with E-state index in [-0.39, 0.29) is 17.0 Å². The Bertz CT molecular complexity index is 642. The highest BCUT2D eigenvalue weighted by atomic mass is 19.1. The van der Waals surface area contributed by atoms with Gasteiger partial charge in [-0.05, 0) is 94.4 Å². The van der Waals surface area contributed by atoms with Gasteiger partial charge in [0.05, 0.1) is 11.2 Å². The van der Waals surface area contributed by atoms with Gasteiger partial charge >= 0.3 is 0 Å². The molecular weight excluding hydrogens is 287 g/mol. The third kappa shape index (κ3) is 2.38. The summed E-state index contributed by atoms with van der Waals surface area (Å²) in [6.07, 6.45) is 7.15. The first-order chi connectivity index (χ1) is 10.9. The highest BCUT2D eigenvalue weighted by Crippen LogP contribution is 2.60. The zero-order chi connectivity index (χ0) is 16.2. The van der Waals surface area contributed by atoms with E-state index in [0.717, 1.165) is 6.42 Å². The molecule has 0 aromatic heterocycles. The highest BCUT2D eigenvalue weighted by molar-refractivity contribution is 5.37. The highest BCUT2D eigenvalue weighted by Gasteiger charge is 2.59. The number of halogens is 1. The summed E-state index contributed by atoms with van der Waals surface area (Å²) in [4.78, 5) is 0. The van der Waals surface area contributed by atoms with E-state index in [4.69, 9.17) is 4.74 Å². The molecule has 3 atom stereocenters. The molecule has 1 spiro atoms. The molecule has 2 bridgehead atoms. The lowest BCUT2D eigenvalue weighted by Crippen LogP contribution is -2.45. The molecule has 0 amide bonds. The summed E-state index contributed by atoms with van der Waals surface area (Å²) in [5, 5.41) is 0. The van der Waals surface area contributed by atoms with Crippen molar-refractivity contribution in [2.24, 2.45) is 11.8 Å². The summed E-state index contributed by atoms with van der Waals surface area (Å²) < 4.78 is 20.0. The van der Waals surface area contributed by atoms with Gasteiger partial charge in [0.2, 0.25) is 0 Å². The molecule has 3 unspecified atom stereocenters. The van der Waals surface area contributed by atoms with Crippen LogP contribution in [0.25, 0.3) is 0 Å². The van der Waals surface area contributed by atoms with Crippen molar-refractivity contribution in [1.82, 2.24) is 0 Å². The SMILES string of the molecule is CC1=C(Cc2ccc(F)cc2)C23CC(CCC2CC1)C(C)(C)O3. The maximum Gasteiger partial charge on any atom is 0.123 e. The lowest BCUT2D eigenvalue weighted by atomic mass is 9.61. The van der Waals surface area contributed by atoms with E-state index in [1.165, 1.54) is 48.8 Å². The molecule has 1 aromatic carbocycles. The maximum atomic E-state index is 13.2. The van der Waals surface area contributed by atoms with Crippen LogP contribution in [0.1, 0.15) is 58.4 Å². The maximum absolute atomic E-state index is 13.2. The van der Waals surface area contributed by atoms with Crippen LogP contribution in [0.5, 0.6) is 0 Å². The van der Waals surface area contributed by atoms with Crippen molar-refractivity contribution in [1.29, 1.82) is 0 Å². The number of benzene rings is 1. The predicted molar refractivity (Wildman–Crippen MR) is 90.8 cm³/mol. The van der Waals surface area contributed by atoms with Crippen molar-refractivity contribution in [3.8, 4) is 0 Å². The fourth-order valence-electron chi connectivity index (χ4n) is 5.36. The summed E-state index contributed by atoms with van der Waals surface area (Å²) in [6.45, 7) is 6.82. The Morgan fingerprint density at radius 2 is 1.78 bits per heavy atom. The van der Waals surface area contributed by atoms with E-state index < -0.39 is 0 Å². The molecule has 0 N–H and O–H groups in total. The Morgan fingerprint density at radius 1 is 1.09 bits per heavy atom. The van der Waals surface area contributed by atoms with Crippen molar-refractivity contribution in [3.05, 3.63) is 46.8 Å². The van der Waals surface area contributed by atoms with Crippen molar-refractivity contribution in [2.75, 3.05) is 0 Å². The topological polar surface area (TPSA) is 9.23 Å². The van der Waals surface area contributed by atoms with E-state index in [2.05, 4.69) is 20.8 Å². The van der Waals surface area contributed by atoms with Crippen LogP contribution in [-0.2, 0) is 11.2 Å². The molecule has 1 nitrogen and oxygen atoms in total. The molecule has 1 saturated heterocycles. The second kappa shape index (κ2) is 5.17. The summed E-state index contributed by atoms with van der Waals surface area (Å²) in [6, 6.07) is 7.01. The molecule has 0 radical (unpaired) electrons. The largest absolute Gasteiger partial charge is 0.364 e. The van der Waals surface area contributed by atoms with Crippen molar-refractivity contribution < 1.29 is 9.13 Å². The van der Waals surface area contributed by atoms with Gasteiger partial charge in [0.25, 0.3) is 0 Å². The third-order valence-corrected chi connectivity index (χ3v) is 6.69. The number of hydrogen-bond acceptors (Lipinski definition) is 1. The number of fused-ring (bicyclic) bond motifs is 1. The normalized spacial score (nSPS) is 35.3. The molecule has 1 aliphatic heterocycles. The van der Waals surface area contributed by atoms with Crippen LogP contribution in [0.2, 0.25) is 0 Å². The van der Waals surface area contributed by atoms with E-state index in [0.29, 0.717) is 11.8 Å². The Morgan fingerprint density at radius 3 is 2.52 bits per heavy atom. The average Bonchev–Trinajstić information content (AvgIpc) is 2.71. The first-order valence-electron chi connectivity index (χ1n) is 9.04. The minimum atomic E-state index is -0.157. The monoisotopic (exact) mass is 314 g/mol. The summed E-state index contributed by atoms with van der Waals surface area (Å²) in [5.41, 5.74) is 4.13. The van der Waals surface area contributed by atoms with Crippen LogP contribution >= 0.6 is 0 Å². The third-order valence-electron chi connectivity index (χ3n) is 6.69. The molecule has 1 saturated carbocycles. The fraction of sp³-hybridized carbons (Fsp3) is 0.619. The molecule has 1 aromatic rings. The zero-order valence-electron chi connectivity index (χ0n) is 14.5. The molecule has 4 rings (SSSR count). The van der Waals surface area contributed by atoms with Crippen LogP contribution in [0.4, 0.5) is 4.39 Å². The van der Waals surface area contributed by atoms with Crippen LogP contribution in [0.15, 0.2) is 35.4 Å². The van der Waals surface area contributed by atoms with Gasteiger partial charge in [0.1, 0.15) is 5.82 Å². The van der Waals surface area contributed by atoms with Crippen LogP contribution in [0.3, 0.4) is 0 Å². The van der Waals surface area contributed by atoms with Crippen molar-refractivity contribution in [2.45, 2.75) is 70.5 Å². The van der Waals surface area contributed by atoms with Gasteiger partial charge in [0, 0.05) is 0 Å². The van der Waals surface area contributed by atoms with E-state index in [9.17, 15) is 4.39 Å². The van der Waals surface area contributed by atoms with Crippen molar-refractivity contribution >= 4 is 0 Å². The van der Waals surface area contributed by atoms with E-state index in [1.54, 1.807) is 12.1 Å². The Labute approximate surface area is 138 Å². The zero-order valence-corrected chi connectivity index (χ0v) is 14.5. The fourth-order valence-corrected chi connectivity index (χ4v) is 5.36. The van der Waals surface area contributed by atoms with Gasteiger partial charge in [-0.1, -0.05) is 17.7 Å². The molecule has 2 aliphatic carbocycles. The van der Waals surface area contributed by atoms with Gasteiger partial charge in [-0.15, -0.1) is 0 Å². The van der Waals surface area contributed by atoms with Crippen molar-refractivity contribution in [3.63, 3.8) is 0 Å². The Kier molecular flexibility index (Phi) is 3.46. The summed E-state index contributed by atoms with van der Waals surface area (Å²) in [5.74, 6) is 1.18. The second-order valence-electron chi connectivity index (χ2n) is 8.37. The lowest BCUT2D eigenvalue weighted by molar-refractivity contribution is -0.0982. The Balaban J connectivity index is 1.73. The van der Waals surface area contributed by atoms with Gasteiger partial charge in [-0.3, -0.25) is 0 Å². The first-order valence-corrected chi connectivity index (χ1v) is 9.04. The summed E-state index contributed by atoms with van der Waals surface area (Å²) >= 11 is 0. The van der Waals surface area contributed by atoms with E-state index in [1.807, 2.05) is 12.1 Å². The number of rotatable bonds is 2. The molecule has 124 valence electrons. The lowest BCUT2D eigenvalue weighted by Gasteiger charge is -2.46. The smallest absolute Gasteiger partial charge is 0.123 e. The molecule has 23 heavy (non-hydrogen) atoms. The van der Waals surface area contributed by atoms with Gasteiger partial charge in [0.15, 0.2) is 0 Å². The number of allylic oxidation sites excluding steroid dienone is 1. The molecule has 3 aliphatic rings. The minimum absolute atomic E-state index is 0.0135. The van der Waals surface area contributed by atoms with Gasteiger partial charge < -0.3 is 4.74 Å². The van der Waals surface area contributed by atoms with Gasteiger partial charge in [-0.2, -0.15) is 0 Å². The first kappa shape index (κ1) is 15.4. The quantitative estimate of drug-likeness (QED) is 0.660. The van der Waals surface area contributed by atoms with E-state index >= 15 is 0 Å². The number of hydrogen-bond donors (Lipinski definition) is 0. The summed E-state index contributed by atoms with van der Waals surface area (Å²) in [7, 11) is 0. The standard InChI is InChI=1S/C21H27FO/c1-14-4-7-16-8-9-17-13-21(16,23-20(17,2)3)19(14)12-15-5-10-18(22)11-6-15/h5-6,10-11,16-17H,4,7-9,12-13H2,1-3H3. The van der Waals surface area contributed by atoms with Crippen LogP contribution in [0, 0.1) is 17.7 Å². The Hall–Kier alpha value is -1.15. The predicted octanol–water partition coefficient (Wildman–Crippen LogP) is 5.44. The molecule has 2 fully saturated rings. The minimum Gasteiger partial charge on any atom is -0.364 e. The van der Waals surface area contributed by atoms with Gasteiger partial charge in [-0.25, -0.2) is 4.39 Å². The molecular formula is C21H27FO. The van der Waals surface area contributed by atoms with Crippen LogP contribution < -0.4 is 0 Å². The molecule has 1 heterocycles. The average molecular weight is 314 g/mol. The van der Waals surface area contributed by atoms with Crippen LogP contribution in [-0.4, -0.2) is 11.2 Å².